The fourth-order valence-corrected chi connectivity index (χ4v) is 5.40. The van der Waals surface area contributed by atoms with Crippen LogP contribution in [0.4, 0.5) is 0 Å². The average Bonchev–Trinajstić information content (AvgIpc) is 2.66. The Morgan fingerprint density at radius 2 is 1.90 bits per heavy atom. The number of hydrogen-bond acceptors (Lipinski definition) is 8. The van der Waals surface area contributed by atoms with Gasteiger partial charge in [-0.1, -0.05) is 30.3 Å². The molecule has 0 aliphatic carbocycles. The van der Waals surface area contributed by atoms with Gasteiger partial charge in [0.1, 0.15) is 5.78 Å². The van der Waals surface area contributed by atoms with E-state index in [2.05, 4.69) is 4.65 Å². The summed E-state index contributed by atoms with van der Waals surface area (Å²) < 4.78 is 32.3. The van der Waals surface area contributed by atoms with E-state index in [-0.39, 0.29) is 30.1 Å². The van der Waals surface area contributed by atoms with Gasteiger partial charge in [0.25, 0.3) is 0 Å². The van der Waals surface area contributed by atoms with Crippen molar-refractivity contribution in [2.45, 2.75) is 30.4 Å². The van der Waals surface area contributed by atoms with Crippen LogP contribution >= 0.6 is 11.8 Å². The lowest BCUT2D eigenvalue weighted by Crippen LogP contribution is -2.62. The Morgan fingerprint density at radius 3 is 2.48 bits per heavy atom. The van der Waals surface area contributed by atoms with Crippen molar-refractivity contribution in [2.75, 3.05) is 6.26 Å². The van der Waals surface area contributed by atoms with Crippen LogP contribution in [0.2, 0.25) is 0 Å². The van der Waals surface area contributed by atoms with Crippen LogP contribution < -0.4 is 0 Å². The Hall–Kier alpha value is -2.27. The maximum absolute atomic E-state index is 12.7. The highest BCUT2D eigenvalue weighted by atomic mass is 32.2. The lowest BCUT2D eigenvalue weighted by Gasteiger charge is -2.50. The monoisotopic (exact) mass is 435 g/mol. The van der Waals surface area contributed by atoms with Gasteiger partial charge in [0.2, 0.25) is 5.91 Å². The van der Waals surface area contributed by atoms with E-state index in [9.17, 15) is 22.8 Å². The number of β-lactam (4-membered cyclic amide) rings is 1. The highest BCUT2D eigenvalue weighted by Crippen LogP contribution is 2.48. The second kappa shape index (κ2) is 8.23. The van der Waals surface area contributed by atoms with Crippen LogP contribution in [-0.2, 0) is 39.8 Å². The van der Waals surface area contributed by atoms with E-state index < -0.39 is 38.5 Å². The third-order valence-electron chi connectivity index (χ3n) is 4.57. The molecule has 0 aromatic heterocycles. The van der Waals surface area contributed by atoms with E-state index in [1.807, 2.05) is 30.3 Å². The van der Waals surface area contributed by atoms with Crippen molar-refractivity contribution < 1.29 is 31.6 Å². The first-order chi connectivity index (χ1) is 13.6. The molecule has 2 radical (unpaired) electrons. The van der Waals surface area contributed by atoms with E-state index in [1.165, 1.54) is 11.8 Å². The summed E-state index contributed by atoms with van der Waals surface area (Å²) in [7, 11) is 1.02. The fourth-order valence-electron chi connectivity index (χ4n) is 3.35. The SMILES string of the molecule is [B]OC(=O)C1=C(OS(C)(=O)=O)[C@H](C)S[C@@H]2[C@H](CC(=O)Cc3ccccc3)C(=O)N12. The van der Waals surface area contributed by atoms with E-state index in [0.29, 0.717) is 0 Å². The third kappa shape index (κ3) is 4.50. The number of ketones is 1. The molecule has 0 N–H and O–H groups in total. The Labute approximate surface area is 174 Å². The van der Waals surface area contributed by atoms with Crippen LogP contribution in [0, 0.1) is 5.92 Å². The van der Waals surface area contributed by atoms with Crippen molar-refractivity contribution in [1.29, 1.82) is 0 Å². The molecule has 0 unspecified atom stereocenters. The Morgan fingerprint density at radius 1 is 1.24 bits per heavy atom. The van der Waals surface area contributed by atoms with Crippen LogP contribution in [0.5, 0.6) is 0 Å². The number of carbonyl (C=O) groups is 3. The molecular formula is C18H18BNO7S2. The van der Waals surface area contributed by atoms with Crippen molar-refractivity contribution in [3.8, 4) is 0 Å². The van der Waals surface area contributed by atoms with Gasteiger partial charge in [-0.05, 0) is 12.5 Å². The fraction of sp³-hybridized carbons (Fsp3) is 0.389. The summed E-state index contributed by atoms with van der Waals surface area (Å²) in [5.41, 5.74) is 0.507. The number of fused-ring (bicyclic) bond motifs is 1. The highest BCUT2D eigenvalue weighted by Gasteiger charge is 2.56. The Bertz CT molecular complexity index is 977. The molecule has 3 atom stereocenters. The third-order valence-corrected chi connectivity index (χ3v) is 6.50. The predicted molar refractivity (Wildman–Crippen MR) is 106 cm³/mol. The van der Waals surface area contributed by atoms with Crippen molar-refractivity contribution in [3.63, 3.8) is 0 Å². The molecule has 2 heterocycles. The minimum absolute atomic E-state index is 0.0157. The molecule has 11 heteroatoms. The van der Waals surface area contributed by atoms with E-state index in [1.54, 1.807) is 6.92 Å². The Kier molecular flexibility index (Phi) is 6.09. The molecule has 2 aliphatic heterocycles. The molecule has 1 aromatic carbocycles. The number of thioether (sulfide) groups is 1. The van der Waals surface area contributed by atoms with Crippen LogP contribution in [0.15, 0.2) is 41.8 Å². The number of hydrogen-bond donors (Lipinski definition) is 0. The zero-order chi connectivity index (χ0) is 21.3. The predicted octanol–water partition coefficient (Wildman–Crippen LogP) is 0.923. The molecule has 8 nitrogen and oxygen atoms in total. The normalized spacial score (nSPS) is 23.9. The maximum Gasteiger partial charge on any atom is 0.378 e. The molecule has 1 saturated heterocycles. The van der Waals surface area contributed by atoms with Gasteiger partial charge in [0.15, 0.2) is 11.5 Å². The second-order valence-electron chi connectivity index (χ2n) is 6.79. The van der Waals surface area contributed by atoms with Crippen molar-refractivity contribution in [2.24, 2.45) is 5.92 Å². The largest absolute Gasteiger partial charge is 0.539 e. The van der Waals surface area contributed by atoms with Crippen LogP contribution in [0.1, 0.15) is 18.9 Å². The van der Waals surface area contributed by atoms with E-state index in [0.717, 1.165) is 16.7 Å². The number of Topliss-reactive ketones (excluding diaryl/α,β-unsaturated/α-hetero) is 1. The van der Waals surface area contributed by atoms with Gasteiger partial charge >= 0.3 is 24.1 Å². The minimum atomic E-state index is -3.94. The summed E-state index contributed by atoms with van der Waals surface area (Å²) in [6, 6.07) is 9.17. The number of amides is 1. The van der Waals surface area contributed by atoms with Crippen LogP contribution in [0.3, 0.4) is 0 Å². The molecular weight excluding hydrogens is 417 g/mol. The van der Waals surface area contributed by atoms with Crippen LogP contribution in [-0.4, -0.2) is 55.9 Å². The number of rotatable bonds is 7. The highest BCUT2D eigenvalue weighted by molar-refractivity contribution is 8.00. The zero-order valence-electron chi connectivity index (χ0n) is 15.7. The molecule has 0 saturated carbocycles. The number of nitrogens with zero attached hydrogens (tertiary/aromatic N) is 1. The molecule has 1 fully saturated rings. The van der Waals surface area contributed by atoms with Gasteiger partial charge in [0, 0.05) is 12.8 Å². The van der Waals surface area contributed by atoms with Gasteiger partial charge in [-0.3, -0.25) is 14.5 Å². The summed E-state index contributed by atoms with van der Waals surface area (Å²) in [4.78, 5) is 38.4. The lowest BCUT2D eigenvalue weighted by atomic mass is 9.89. The second-order valence-corrected chi connectivity index (χ2v) is 9.83. The number of carbonyl (C=O) groups excluding carboxylic acids is 3. The Balaban J connectivity index is 1.81. The minimum Gasteiger partial charge on any atom is -0.539 e. The molecule has 0 bridgehead atoms. The summed E-state index contributed by atoms with van der Waals surface area (Å²) in [6.45, 7) is 1.64. The van der Waals surface area contributed by atoms with Gasteiger partial charge in [-0.25, -0.2) is 4.79 Å². The van der Waals surface area contributed by atoms with Gasteiger partial charge in [-0.15, -0.1) is 11.8 Å². The van der Waals surface area contributed by atoms with Crippen molar-refractivity contribution in [1.82, 2.24) is 4.90 Å². The number of benzene rings is 1. The zero-order valence-corrected chi connectivity index (χ0v) is 17.4. The summed E-state index contributed by atoms with van der Waals surface area (Å²) in [5, 5.41) is -1.09. The molecule has 1 aromatic rings. The van der Waals surface area contributed by atoms with Gasteiger partial charge < -0.3 is 8.84 Å². The van der Waals surface area contributed by atoms with Gasteiger partial charge in [-0.2, -0.15) is 8.42 Å². The summed E-state index contributed by atoms with van der Waals surface area (Å²) >= 11 is 1.23. The molecule has 29 heavy (non-hydrogen) atoms. The van der Waals surface area contributed by atoms with E-state index >= 15 is 0 Å². The first kappa shape index (κ1) is 21.4. The van der Waals surface area contributed by atoms with Crippen LogP contribution in [0.25, 0.3) is 0 Å². The summed E-state index contributed by atoms with van der Waals surface area (Å²) in [5.74, 6) is -2.51. The van der Waals surface area contributed by atoms with Crippen molar-refractivity contribution in [3.05, 3.63) is 47.4 Å². The average molecular weight is 435 g/mol. The van der Waals surface area contributed by atoms with Gasteiger partial charge in [0.05, 0.1) is 22.8 Å². The lowest BCUT2D eigenvalue weighted by molar-refractivity contribution is -0.153. The standard InChI is InChI=1S/C18H18BNO7S2/c1-10-15(27-29(2,24)25)14(18(23)26-19)20-16(22)13(17(20)28-10)9-12(21)8-11-6-4-3-5-7-11/h3-7,10,13,17H,8-9H2,1-2H3/t10-,13+,17+/m0/s1. The topological polar surface area (TPSA) is 107 Å². The quantitative estimate of drug-likeness (QED) is 0.354. The molecule has 0 spiro atoms. The first-order valence-electron chi connectivity index (χ1n) is 8.71. The smallest absolute Gasteiger partial charge is 0.378 e. The molecule has 3 rings (SSSR count). The first-order valence-corrected chi connectivity index (χ1v) is 11.5. The molecule has 1 amide bonds. The molecule has 152 valence electrons. The van der Waals surface area contributed by atoms with E-state index in [4.69, 9.17) is 12.2 Å². The summed E-state index contributed by atoms with van der Waals surface area (Å²) in [6.07, 6.45) is 1.05. The van der Waals surface area contributed by atoms with Crippen molar-refractivity contribution >= 4 is 47.6 Å². The maximum atomic E-state index is 12.7. The molecule has 2 aliphatic rings.